The fourth-order valence-electron chi connectivity index (χ4n) is 4.01. The van der Waals surface area contributed by atoms with Crippen LogP contribution in [0, 0.1) is 0 Å². The Bertz CT molecular complexity index is 1410. The van der Waals surface area contributed by atoms with E-state index >= 15 is 0 Å². The van der Waals surface area contributed by atoms with Gasteiger partial charge in [-0.3, -0.25) is 4.79 Å². The lowest BCUT2D eigenvalue weighted by molar-refractivity contribution is 0.0943. The minimum Gasteiger partial charge on any atom is -0.384 e. The van der Waals surface area contributed by atoms with Crippen LogP contribution in [0.5, 0.6) is 0 Å². The Morgan fingerprint density at radius 3 is 2.03 bits per heavy atom. The molecule has 0 fully saturated rings. The Morgan fingerprint density at radius 1 is 0.800 bits per heavy atom. The number of aromatic nitrogens is 2. The first-order valence-electron chi connectivity index (χ1n) is 11.2. The Hall–Kier alpha value is -4.35. The highest BCUT2D eigenvalue weighted by molar-refractivity contribution is 6.30. The molecule has 6 heteroatoms. The van der Waals surface area contributed by atoms with E-state index in [1.165, 1.54) is 0 Å². The molecule has 1 aromatic heterocycles. The highest BCUT2D eigenvalue weighted by Gasteiger charge is 2.18. The molecule has 5 nitrogen and oxygen atoms in total. The second-order valence-corrected chi connectivity index (χ2v) is 8.59. The SMILES string of the molecule is Nc1cc(-c2cccc(Cl)c2)nn1-c1ccc(C(=O)NC(c2ccccc2)c2ccccc2)cc1. The van der Waals surface area contributed by atoms with Gasteiger partial charge in [-0.1, -0.05) is 84.4 Å². The molecule has 4 aromatic carbocycles. The first-order valence-corrected chi connectivity index (χ1v) is 11.6. The quantitative estimate of drug-likeness (QED) is 0.301. The Kier molecular flexibility index (Phi) is 6.33. The first kappa shape index (κ1) is 22.4. The number of nitrogens with one attached hydrogen (secondary N) is 1. The molecule has 0 aliphatic rings. The zero-order valence-electron chi connectivity index (χ0n) is 18.8. The predicted molar refractivity (Wildman–Crippen MR) is 141 cm³/mol. The molecule has 5 aromatic rings. The van der Waals surface area contributed by atoms with E-state index in [0.29, 0.717) is 16.4 Å². The molecule has 1 heterocycles. The van der Waals surface area contributed by atoms with Gasteiger partial charge in [-0.2, -0.15) is 5.10 Å². The van der Waals surface area contributed by atoms with Crippen molar-refractivity contribution in [2.75, 3.05) is 5.73 Å². The largest absolute Gasteiger partial charge is 0.384 e. The summed E-state index contributed by atoms with van der Waals surface area (Å²) in [5.74, 6) is 0.327. The van der Waals surface area contributed by atoms with Crippen molar-refractivity contribution in [2.45, 2.75) is 6.04 Å². The Balaban J connectivity index is 1.38. The summed E-state index contributed by atoms with van der Waals surface area (Å²) in [5.41, 5.74) is 11.2. The van der Waals surface area contributed by atoms with E-state index in [4.69, 9.17) is 17.3 Å². The van der Waals surface area contributed by atoms with Crippen LogP contribution in [0.4, 0.5) is 5.82 Å². The molecule has 0 aliphatic carbocycles. The van der Waals surface area contributed by atoms with Gasteiger partial charge in [0.2, 0.25) is 0 Å². The van der Waals surface area contributed by atoms with Crippen molar-refractivity contribution in [3.05, 3.63) is 137 Å². The number of amides is 1. The summed E-state index contributed by atoms with van der Waals surface area (Å²) < 4.78 is 1.65. The molecule has 5 rings (SSSR count). The van der Waals surface area contributed by atoms with Crippen LogP contribution in [0.2, 0.25) is 5.02 Å². The molecule has 35 heavy (non-hydrogen) atoms. The van der Waals surface area contributed by atoms with Gasteiger partial charge in [-0.05, 0) is 47.5 Å². The van der Waals surface area contributed by atoms with Gasteiger partial charge in [0.1, 0.15) is 5.82 Å². The molecule has 0 bridgehead atoms. The number of nitrogens with zero attached hydrogens (tertiary/aromatic N) is 2. The number of benzene rings is 4. The third kappa shape index (κ3) is 4.95. The second-order valence-electron chi connectivity index (χ2n) is 8.15. The van der Waals surface area contributed by atoms with E-state index in [2.05, 4.69) is 10.4 Å². The molecule has 1 amide bonds. The second kappa shape index (κ2) is 9.87. The number of anilines is 1. The molecule has 0 unspecified atom stereocenters. The van der Waals surface area contributed by atoms with Crippen LogP contribution in [0.3, 0.4) is 0 Å². The molecule has 0 spiro atoms. The van der Waals surface area contributed by atoms with Gasteiger partial charge in [0, 0.05) is 22.2 Å². The number of nitrogens with two attached hydrogens (primary N) is 1. The molecular weight excluding hydrogens is 456 g/mol. The summed E-state index contributed by atoms with van der Waals surface area (Å²) >= 11 is 6.12. The fourth-order valence-corrected chi connectivity index (χ4v) is 4.20. The number of nitrogen functional groups attached to an aromatic ring is 1. The lowest BCUT2D eigenvalue weighted by atomic mass is 9.98. The normalized spacial score (nSPS) is 10.9. The predicted octanol–water partition coefficient (Wildman–Crippen LogP) is 6.29. The summed E-state index contributed by atoms with van der Waals surface area (Å²) in [5, 5.41) is 8.43. The van der Waals surface area contributed by atoms with Crippen LogP contribution in [0.25, 0.3) is 16.9 Å². The minimum atomic E-state index is -0.258. The van der Waals surface area contributed by atoms with Crippen LogP contribution in [0.1, 0.15) is 27.5 Å². The molecule has 0 saturated heterocycles. The highest BCUT2D eigenvalue weighted by atomic mass is 35.5. The molecule has 0 aliphatic heterocycles. The summed E-state index contributed by atoms with van der Waals surface area (Å²) in [6.07, 6.45) is 0. The van der Waals surface area contributed by atoms with Gasteiger partial charge in [0.05, 0.1) is 17.4 Å². The molecule has 172 valence electrons. The monoisotopic (exact) mass is 478 g/mol. The number of hydrogen-bond donors (Lipinski definition) is 2. The standard InChI is InChI=1S/C29H23ClN4O/c30-24-13-7-12-23(18-24)26-19-27(31)34(33-26)25-16-14-22(15-17-25)29(35)32-28(20-8-3-1-4-9-20)21-10-5-2-6-11-21/h1-19,28H,31H2,(H,32,35). The van der Waals surface area contributed by atoms with Gasteiger partial charge in [0.15, 0.2) is 0 Å². The Morgan fingerprint density at radius 2 is 1.43 bits per heavy atom. The zero-order valence-corrected chi connectivity index (χ0v) is 19.6. The van der Waals surface area contributed by atoms with E-state index in [1.807, 2.05) is 97.1 Å². The van der Waals surface area contributed by atoms with Crippen molar-refractivity contribution in [1.29, 1.82) is 0 Å². The van der Waals surface area contributed by atoms with E-state index in [-0.39, 0.29) is 11.9 Å². The maximum Gasteiger partial charge on any atom is 0.252 e. The van der Waals surface area contributed by atoms with Crippen molar-refractivity contribution in [1.82, 2.24) is 15.1 Å². The van der Waals surface area contributed by atoms with Crippen molar-refractivity contribution >= 4 is 23.3 Å². The summed E-state index contributed by atoms with van der Waals surface area (Å²) in [6, 6.07) is 36.1. The van der Waals surface area contributed by atoms with Crippen LogP contribution in [0.15, 0.2) is 115 Å². The highest BCUT2D eigenvalue weighted by Crippen LogP contribution is 2.26. The first-order chi connectivity index (χ1) is 17.1. The maximum atomic E-state index is 13.2. The van der Waals surface area contributed by atoms with Gasteiger partial charge >= 0.3 is 0 Å². The summed E-state index contributed by atoms with van der Waals surface area (Å²) in [4.78, 5) is 13.2. The number of rotatable bonds is 6. The van der Waals surface area contributed by atoms with E-state index in [1.54, 1.807) is 22.9 Å². The summed E-state index contributed by atoms with van der Waals surface area (Å²) in [7, 11) is 0. The maximum absolute atomic E-state index is 13.2. The van der Waals surface area contributed by atoms with E-state index in [9.17, 15) is 4.79 Å². The number of carbonyl (C=O) groups excluding carboxylic acids is 1. The van der Waals surface area contributed by atoms with E-state index < -0.39 is 0 Å². The molecule has 0 radical (unpaired) electrons. The van der Waals surface area contributed by atoms with Gasteiger partial charge in [-0.15, -0.1) is 0 Å². The molecule has 0 saturated carbocycles. The van der Waals surface area contributed by atoms with Gasteiger partial charge in [0.25, 0.3) is 5.91 Å². The smallest absolute Gasteiger partial charge is 0.252 e. The Labute approximate surface area is 208 Å². The molecular formula is C29H23ClN4O. The third-order valence-corrected chi connectivity index (χ3v) is 6.01. The van der Waals surface area contributed by atoms with Crippen LogP contribution in [-0.4, -0.2) is 15.7 Å². The third-order valence-electron chi connectivity index (χ3n) is 5.77. The van der Waals surface area contributed by atoms with Crippen molar-refractivity contribution in [3.63, 3.8) is 0 Å². The van der Waals surface area contributed by atoms with Crippen LogP contribution < -0.4 is 11.1 Å². The number of hydrogen-bond acceptors (Lipinski definition) is 3. The lowest BCUT2D eigenvalue weighted by Gasteiger charge is -2.20. The topological polar surface area (TPSA) is 72.9 Å². The van der Waals surface area contributed by atoms with Crippen molar-refractivity contribution < 1.29 is 4.79 Å². The van der Waals surface area contributed by atoms with Crippen molar-refractivity contribution in [2.24, 2.45) is 0 Å². The number of halogens is 1. The average molecular weight is 479 g/mol. The lowest BCUT2D eigenvalue weighted by Crippen LogP contribution is -2.29. The molecule has 3 N–H and O–H groups in total. The van der Waals surface area contributed by atoms with Crippen LogP contribution in [-0.2, 0) is 0 Å². The fraction of sp³-hybridized carbons (Fsp3) is 0.0345. The van der Waals surface area contributed by atoms with Crippen molar-refractivity contribution in [3.8, 4) is 16.9 Å². The van der Waals surface area contributed by atoms with Gasteiger partial charge in [-0.25, -0.2) is 4.68 Å². The summed E-state index contributed by atoms with van der Waals surface area (Å²) in [6.45, 7) is 0. The average Bonchev–Trinajstić information content (AvgIpc) is 3.30. The van der Waals surface area contributed by atoms with E-state index in [0.717, 1.165) is 28.1 Å². The van der Waals surface area contributed by atoms with Crippen LogP contribution >= 0.6 is 11.6 Å². The zero-order chi connectivity index (χ0) is 24.2. The molecule has 0 atom stereocenters. The minimum absolute atomic E-state index is 0.165. The number of carbonyl (C=O) groups is 1. The van der Waals surface area contributed by atoms with Gasteiger partial charge < -0.3 is 11.1 Å².